The van der Waals surface area contributed by atoms with Crippen LogP contribution in [0.25, 0.3) is 0 Å². The summed E-state index contributed by atoms with van der Waals surface area (Å²) >= 11 is 12.3. The van der Waals surface area contributed by atoms with Crippen LogP contribution in [0.15, 0.2) is 42.5 Å². The standard InChI is InChI=1S/C29H39Cl2NO5/c1-3-4-5-6-7-8-9-10-11-12-19-36-27(33)22-13-18-26(30)25(20-22)29(21-32,37-28(31)34)23-14-16-24(35-2)17-15-23/h13-18,20-21,28,32,34H,3-12,19H2,1-2H3. The van der Waals surface area contributed by atoms with E-state index in [1.165, 1.54) is 51.0 Å². The van der Waals surface area contributed by atoms with E-state index in [2.05, 4.69) is 6.92 Å². The summed E-state index contributed by atoms with van der Waals surface area (Å²) in [6.45, 7) is 2.56. The van der Waals surface area contributed by atoms with Crippen molar-refractivity contribution in [2.24, 2.45) is 0 Å². The van der Waals surface area contributed by atoms with Crippen LogP contribution >= 0.6 is 23.2 Å². The molecule has 37 heavy (non-hydrogen) atoms. The Morgan fingerprint density at radius 1 is 1.00 bits per heavy atom. The highest BCUT2D eigenvalue weighted by molar-refractivity contribution is 6.32. The summed E-state index contributed by atoms with van der Waals surface area (Å²) in [6.07, 6.45) is 13.0. The molecule has 0 heterocycles. The summed E-state index contributed by atoms with van der Waals surface area (Å²) < 4.78 is 16.3. The largest absolute Gasteiger partial charge is 0.497 e. The molecule has 8 heteroatoms. The van der Waals surface area contributed by atoms with Crippen LogP contribution in [0.4, 0.5) is 0 Å². The summed E-state index contributed by atoms with van der Waals surface area (Å²) in [6, 6.07) is 11.3. The van der Waals surface area contributed by atoms with Crippen LogP contribution in [-0.2, 0) is 15.1 Å². The SMILES string of the molecule is CCCCCCCCCCCCOC(=O)c1ccc(Cl)c(C(C=N)(OC(O)Cl)c2ccc(OC)cc2)c1. The van der Waals surface area contributed by atoms with Crippen molar-refractivity contribution in [1.82, 2.24) is 0 Å². The van der Waals surface area contributed by atoms with Crippen LogP contribution in [0.3, 0.4) is 0 Å². The van der Waals surface area contributed by atoms with E-state index >= 15 is 0 Å². The Hall–Kier alpha value is -2.12. The van der Waals surface area contributed by atoms with E-state index in [0.717, 1.165) is 25.5 Å². The van der Waals surface area contributed by atoms with Gasteiger partial charge in [0.25, 0.3) is 0 Å². The molecule has 0 radical (unpaired) electrons. The van der Waals surface area contributed by atoms with Gasteiger partial charge in [-0.25, -0.2) is 4.79 Å². The first kappa shape index (κ1) is 31.1. The minimum atomic E-state index is -1.73. The molecule has 2 aromatic carbocycles. The predicted molar refractivity (Wildman–Crippen MR) is 149 cm³/mol. The van der Waals surface area contributed by atoms with Gasteiger partial charge in [-0.3, -0.25) is 0 Å². The first-order valence-corrected chi connectivity index (χ1v) is 13.8. The molecule has 204 valence electrons. The van der Waals surface area contributed by atoms with E-state index in [1.54, 1.807) is 43.5 Å². The smallest absolute Gasteiger partial charge is 0.338 e. The second-order valence-corrected chi connectivity index (χ2v) is 9.81. The van der Waals surface area contributed by atoms with Crippen LogP contribution < -0.4 is 4.74 Å². The number of rotatable bonds is 18. The molecule has 0 aromatic heterocycles. The van der Waals surface area contributed by atoms with Gasteiger partial charge >= 0.3 is 5.97 Å². The van der Waals surface area contributed by atoms with Gasteiger partial charge in [-0.05, 0) is 42.3 Å². The number of aliphatic hydroxyl groups excluding tert-OH is 1. The third-order valence-corrected chi connectivity index (χ3v) is 6.76. The molecule has 2 atom stereocenters. The van der Waals surface area contributed by atoms with Gasteiger partial charge in [0.2, 0.25) is 5.75 Å². The predicted octanol–water partition coefficient (Wildman–Crippen LogP) is 7.85. The van der Waals surface area contributed by atoms with E-state index in [9.17, 15) is 9.90 Å². The monoisotopic (exact) mass is 551 g/mol. The molecule has 0 aliphatic rings. The Labute approximate surface area is 230 Å². The van der Waals surface area contributed by atoms with Gasteiger partial charge in [0.1, 0.15) is 5.75 Å². The quantitative estimate of drug-likeness (QED) is 0.0646. The lowest BCUT2D eigenvalue weighted by Gasteiger charge is -2.32. The molecule has 0 saturated heterocycles. The number of methoxy groups -OCH3 is 1. The van der Waals surface area contributed by atoms with Crippen molar-refractivity contribution in [3.8, 4) is 5.75 Å². The minimum Gasteiger partial charge on any atom is -0.497 e. The van der Waals surface area contributed by atoms with E-state index in [0.29, 0.717) is 17.9 Å². The summed E-state index contributed by atoms with van der Waals surface area (Å²) in [5.41, 5.74) is -0.626. The molecule has 0 bridgehead atoms. The van der Waals surface area contributed by atoms with Crippen molar-refractivity contribution in [3.05, 3.63) is 64.2 Å². The summed E-state index contributed by atoms with van der Waals surface area (Å²) in [4.78, 5) is 12.8. The summed E-state index contributed by atoms with van der Waals surface area (Å²) in [5, 5.41) is 18.3. The molecule has 0 fully saturated rings. The maximum Gasteiger partial charge on any atom is 0.338 e. The lowest BCUT2D eigenvalue weighted by Crippen LogP contribution is -2.36. The van der Waals surface area contributed by atoms with Crippen molar-refractivity contribution in [1.29, 1.82) is 5.41 Å². The third kappa shape index (κ3) is 9.60. The van der Waals surface area contributed by atoms with Gasteiger partial charge < -0.3 is 24.7 Å². The lowest BCUT2D eigenvalue weighted by molar-refractivity contribution is -0.0945. The number of hydrogen-bond donors (Lipinski definition) is 2. The Morgan fingerprint density at radius 2 is 1.59 bits per heavy atom. The summed E-state index contributed by atoms with van der Waals surface area (Å²) in [7, 11) is 1.54. The second-order valence-electron chi connectivity index (χ2n) is 9.03. The molecule has 0 aliphatic carbocycles. The Bertz CT molecular complexity index is 967. The molecule has 0 saturated carbocycles. The van der Waals surface area contributed by atoms with Gasteiger partial charge in [0.05, 0.1) is 19.3 Å². The number of nitrogens with one attached hydrogen (secondary N) is 1. The number of hydrogen-bond acceptors (Lipinski definition) is 6. The molecule has 2 rings (SSSR count). The second kappa shape index (κ2) is 16.7. The molecule has 0 amide bonds. The number of benzene rings is 2. The number of ether oxygens (including phenoxy) is 3. The average Bonchev–Trinajstić information content (AvgIpc) is 2.90. The molecule has 2 unspecified atom stereocenters. The normalized spacial score (nSPS) is 13.5. The van der Waals surface area contributed by atoms with Gasteiger partial charge in [-0.15, -0.1) is 0 Å². The molecule has 2 N–H and O–H groups in total. The third-order valence-electron chi connectivity index (χ3n) is 6.34. The van der Waals surface area contributed by atoms with Crippen molar-refractivity contribution in [2.75, 3.05) is 13.7 Å². The molecule has 2 aromatic rings. The van der Waals surface area contributed by atoms with Crippen LogP contribution in [0, 0.1) is 5.41 Å². The maximum atomic E-state index is 12.8. The zero-order valence-corrected chi connectivity index (χ0v) is 23.3. The van der Waals surface area contributed by atoms with Gasteiger partial charge in [-0.1, -0.05) is 100 Å². The number of carbonyl (C=O) groups excluding carboxylic acids is 1. The molecular formula is C29H39Cl2NO5. The molecule has 6 nitrogen and oxygen atoms in total. The number of carbonyl (C=O) groups is 1. The Balaban J connectivity index is 2.03. The maximum absolute atomic E-state index is 12.8. The Kier molecular flexibility index (Phi) is 14.0. The topological polar surface area (TPSA) is 88.8 Å². The minimum absolute atomic E-state index is 0.239. The number of alkyl halides is 1. The molecular weight excluding hydrogens is 513 g/mol. The molecule has 0 spiro atoms. The highest BCUT2D eigenvalue weighted by Crippen LogP contribution is 2.39. The van der Waals surface area contributed by atoms with Crippen LogP contribution in [0.5, 0.6) is 5.75 Å². The Morgan fingerprint density at radius 3 is 2.14 bits per heavy atom. The van der Waals surface area contributed by atoms with E-state index in [4.69, 9.17) is 42.8 Å². The van der Waals surface area contributed by atoms with Crippen LogP contribution in [-0.4, -0.2) is 36.8 Å². The number of unbranched alkanes of at least 4 members (excludes halogenated alkanes) is 9. The number of halogens is 2. The lowest BCUT2D eigenvalue weighted by atomic mass is 9.86. The molecule has 0 aliphatic heterocycles. The van der Waals surface area contributed by atoms with Crippen molar-refractivity contribution < 1.29 is 24.1 Å². The van der Waals surface area contributed by atoms with Crippen molar-refractivity contribution >= 4 is 35.4 Å². The zero-order valence-electron chi connectivity index (χ0n) is 21.8. The fourth-order valence-corrected chi connectivity index (χ4v) is 4.65. The van der Waals surface area contributed by atoms with E-state index in [1.807, 2.05) is 0 Å². The average molecular weight is 553 g/mol. The number of esters is 1. The van der Waals surface area contributed by atoms with E-state index < -0.39 is 17.3 Å². The van der Waals surface area contributed by atoms with E-state index in [-0.39, 0.29) is 16.1 Å². The zero-order chi connectivity index (χ0) is 27.1. The fraction of sp³-hybridized carbons (Fsp3) is 0.517. The van der Waals surface area contributed by atoms with Gasteiger partial charge in [-0.2, -0.15) is 0 Å². The van der Waals surface area contributed by atoms with Crippen LogP contribution in [0.2, 0.25) is 5.02 Å². The van der Waals surface area contributed by atoms with Crippen LogP contribution in [0.1, 0.15) is 92.6 Å². The first-order chi connectivity index (χ1) is 17.9. The van der Waals surface area contributed by atoms with Crippen molar-refractivity contribution in [2.45, 2.75) is 82.5 Å². The number of aliphatic hydroxyl groups is 1. The summed E-state index contributed by atoms with van der Waals surface area (Å²) in [5.74, 6) is -1.62. The first-order valence-electron chi connectivity index (χ1n) is 13.0. The van der Waals surface area contributed by atoms with Crippen molar-refractivity contribution in [3.63, 3.8) is 0 Å². The van der Waals surface area contributed by atoms with Gasteiger partial charge in [0.15, 0.2) is 5.60 Å². The fourth-order valence-electron chi connectivity index (χ4n) is 4.25. The van der Waals surface area contributed by atoms with Gasteiger partial charge in [0, 0.05) is 16.8 Å². The highest BCUT2D eigenvalue weighted by atomic mass is 35.5. The highest BCUT2D eigenvalue weighted by Gasteiger charge is 2.38.